The topological polar surface area (TPSA) is 34.1 Å². The van der Waals surface area contributed by atoms with E-state index in [4.69, 9.17) is 11.6 Å². The molecule has 1 rings (SSSR count). The van der Waals surface area contributed by atoms with E-state index in [9.17, 15) is 8.42 Å². The molecule has 2 nitrogen and oxygen atoms in total. The van der Waals surface area contributed by atoms with Crippen LogP contribution in [0.1, 0.15) is 11.1 Å². The molecule has 0 spiro atoms. The molecule has 0 saturated heterocycles. The molecule has 0 aromatic heterocycles. The second kappa shape index (κ2) is 5.17. The van der Waals surface area contributed by atoms with Crippen LogP contribution in [0, 0.1) is 0 Å². The molecular formula is C10H11ClO2S. The minimum Gasteiger partial charge on any atom is -0.232 e. The van der Waals surface area contributed by atoms with Gasteiger partial charge in [-0.2, -0.15) is 0 Å². The molecule has 0 fully saturated rings. The van der Waals surface area contributed by atoms with Crippen LogP contribution in [0.25, 0.3) is 0 Å². The smallest absolute Gasteiger partial charge is 0.144 e. The minimum atomic E-state index is -2.42. The highest BCUT2D eigenvalue weighted by atomic mass is 35.5. The molecule has 0 unspecified atom stereocenters. The van der Waals surface area contributed by atoms with Crippen molar-refractivity contribution in [2.45, 2.75) is 12.2 Å². The number of halogens is 1. The Morgan fingerprint density at radius 3 is 2.64 bits per heavy atom. The number of thiol groups is 1. The lowest BCUT2D eigenvalue weighted by Crippen LogP contribution is -1.90. The zero-order valence-electron chi connectivity index (χ0n) is 7.57. The van der Waals surface area contributed by atoms with Gasteiger partial charge in [-0.3, -0.25) is 0 Å². The Morgan fingerprint density at radius 2 is 2.14 bits per heavy atom. The van der Waals surface area contributed by atoms with Gasteiger partial charge in [0.2, 0.25) is 0 Å². The number of rotatable bonds is 4. The highest BCUT2D eigenvalue weighted by molar-refractivity contribution is 7.71. The Morgan fingerprint density at radius 1 is 1.43 bits per heavy atom. The van der Waals surface area contributed by atoms with E-state index < -0.39 is 10.7 Å². The van der Waals surface area contributed by atoms with Gasteiger partial charge >= 0.3 is 0 Å². The van der Waals surface area contributed by atoms with Gasteiger partial charge < -0.3 is 0 Å². The standard InChI is InChI=1S/C10H11ClO2S/c1-2-3-8-4-5-9(7-14(12)13)10(11)6-8/h2,4-6,14H,1,3,7H2. The van der Waals surface area contributed by atoms with Gasteiger partial charge in [0.1, 0.15) is 10.7 Å². The van der Waals surface area contributed by atoms with E-state index in [0.29, 0.717) is 10.6 Å². The maximum absolute atomic E-state index is 10.5. The Hall–Kier alpha value is -0.800. The van der Waals surface area contributed by atoms with Crippen molar-refractivity contribution in [3.63, 3.8) is 0 Å². The van der Waals surface area contributed by atoms with E-state index in [1.165, 1.54) is 0 Å². The highest BCUT2D eigenvalue weighted by Crippen LogP contribution is 2.19. The lowest BCUT2D eigenvalue weighted by Gasteiger charge is -2.02. The molecule has 0 bridgehead atoms. The average molecular weight is 231 g/mol. The van der Waals surface area contributed by atoms with Crippen LogP contribution in [0.5, 0.6) is 0 Å². The minimum absolute atomic E-state index is 0.00252. The first-order valence-corrected chi connectivity index (χ1v) is 5.87. The molecule has 0 radical (unpaired) electrons. The fourth-order valence-electron chi connectivity index (χ4n) is 1.15. The summed E-state index contributed by atoms with van der Waals surface area (Å²) in [6, 6.07) is 5.38. The number of benzene rings is 1. The summed E-state index contributed by atoms with van der Waals surface area (Å²) in [5.74, 6) is 0.00252. The van der Waals surface area contributed by atoms with Crippen LogP contribution in [0.2, 0.25) is 5.02 Å². The average Bonchev–Trinajstić information content (AvgIpc) is 2.10. The Balaban J connectivity index is 2.94. The summed E-state index contributed by atoms with van der Waals surface area (Å²) >= 11 is 5.91. The van der Waals surface area contributed by atoms with Gasteiger partial charge in [-0.1, -0.05) is 29.8 Å². The summed E-state index contributed by atoms with van der Waals surface area (Å²) in [4.78, 5) is 0. The molecule has 14 heavy (non-hydrogen) atoms. The first kappa shape index (κ1) is 11.3. The van der Waals surface area contributed by atoms with E-state index in [1.54, 1.807) is 18.2 Å². The van der Waals surface area contributed by atoms with Crippen LogP contribution < -0.4 is 0 Å². The van der Waals surface area contributed by atoms with Gasteiger partial charge in [0.25, 0.3) is 0 Å². The van der Waals surface area contributed by atoms with Crippen molar-refractivity contribution >= 4 is 22.3 Å². The van der Waals surface area contributed by atoms with Crippen LogP contribution in [-0.2, 0) is 22.9 Å². The molecule has 0 N–H and O–H groups in total. The van der Waals surface area contributed by atoms with Crippen molar-refractivity contribution in [2.75, 3.05) is 0 Å². The molecule has 0 saturated carbocycles. The molecule has 1 aromatic rings. The molecule has 0 heterocycles. The maximum atomic E-state index is 10.5. The van der Waals surface area contributed by atoms with Crippen molar-refractivity contribution in [1.29, 1.82) is 0 Å². The summed E-state index contributed by atoms with van der Waals surface area (Å²) in [7, 11) is -2.42. The third-order valence-electron chi connectivity index (χ3n) is 1.80. The van der Waals surface area contributed by atoms with Crippen LogP contribution in [0.4, 0.5) is 0 Å². The maximum Gasteiger partial charge on any atom is 0.144 e. The van der Waals surface area contributed by atoms with Crippen LogP contribution >= 0.6 is 11.6 Å². The van der Waals surface area contributed by atoms with E-state index >= 15 is 0 Å². The summed E-state index contributed by atoms with van der Waals surface area (Å²) in [6.07, 6.45) is 2.52. The van der Waals surface area contributed by atoms with Crippen LogP contribution in [-0.4, -0.2) is 8.42 Å². The van der Waals surface area contributed by atoms with E-state index in [-0.39, 0.29) is 5.75 Å². The monoisotopic (exact) mass is 230 g/mol. The number of hydrogen-bond donors (Lipinski definition) is 1. The van der Waals surface area contributed by atoms with Gasteiger partial charge in [0, 0.05) is 5.02 Å². The molecule has 76 valence electrons. The predicted octanol–water partition coefficient (Wildman–Crippen LogP) is 2.18. The van der Waals surface area contributed by atoms with Crippen LogP contribution in [0.15, 0.2) is 30.9 Å². The third kappa shape index (κ3) is 3.16. The quantitative estimate of drug-likeness (QED) is 0.636. The van der Waals surface area contributed by atoms with E-state index in [0.717, 1.165) is 12.0 Å². The number of allylic oxidation sites excluding steroid dienone is 1. The first-order chi connectivity index (χ1) is 6.63. The highest BCUT2D eigenvalue weighted by Gasteiger charge is 2.02. The molecule has 0 aliphatic heterocycles. The normalized spacial score (nSPS) is 10.4. The zero-order chi connectivity index (χ0) is 10.6. The summed E-state index contributed by atoms with van der Waals surface area (Å²) < 4.78 is 21.0. The van der Waals surface area contributed by atoms with E-state index in [1.807, 2.05) is 6.07 Å². The molecular weight excluding hydrogens is 220 g/mol. The lowest BCUT2D eigenvalue weighted by atomic mass is 10.1. The van der Waals surface area contributed by atoms with Gasteiger partial charge in [0.05, 0.1) is 5.75 Å². The second-order valence-corrected chi connectivity index (χ2v) is 4.30. The Labute approximate surface area is 90.2 Å². The predicted molar refractivity (Wildman–Crippen MR) is 59.4 cm³/mol. The molecule has 0 atom stereocenters. The molecule has 0 aliphatic rings. The Bertz CT molecular complexity index is 403. The van der Waals surface area contributed by atoms with Crippen LogP contribution in [0.3, 0.4) is 0 Å². The van der Waals surface area contributed by atoms with Gasteiger partial charge in [-0.15, -0.1) is 6.58 Å². The fourth-order valence-corrected chi connectivity index (χ4v) is 2.07. The summed E-state index contributed by atoms with van der Waals surface area (Å²) in [5.41, 5.74) is 1.69. The van der Waals surface area contributed by atoms with Crippen molar-refractivity contribution < 1.29 is 8.42 Å². The van der Waals surface area contributed by atoms with E-state index in [2.05, 4.69) is 6.58 Å². The fraction of sp³-hybridized carbons (Fsp3) is 0.200. The number of hydrogen-bond acceptors (Lipinski definition) is 2. The first-order valence-electron chi connectivity index (χ1n) is 4.13. The van der Waals surface area contributed by atoms with Crippen molar-refractivity contribution in [1.82, 2.24) is 0 Å². The second-order valence-electron chi connectivity index (χ2n) is 2.91. The lowest BCUT2D eigenvalue weighted by molar-refractivity contribution is 0.614. The van der Waals surface area contributed by atoms with Crippen molar-refractivity contribution in [3.8, 4) is 0 Å². The molecule has 0 amide bonds. The third-order valence-corrected chi connectivity index (χ3v) is 2.75. The van der Waals surface area contributed by atoms with Crippen molar-refractivity contribution in [2.24, 2.45) is 0 Å². The van der Waals surface area contributed by atoms with Gasteiger partial charge in [0.15, 0.2) is 0 Å². The Kier molecular flexibility index (Phi) is 4.17. The molecule has 4 heteroatoms. The zero-order valence-corrected chi connectivity index (χ0v) is 9.22. The summed E-state index contributed by atoms with van der Waals surface area (Å²) in [6.45, 7) is 3.62. The van der Waals surface area contributed by atoms with Gasteiger partial charge in [-0.25, -0.2) is 8.42 Å². The molecule has 1 aromatic carbocycles. The SMILES string of the molecule is C=CCc1ccc(C[SH](=O)=O)c(Cl)c1. The largest absolute Gasteiger partial charge is 0.232 e. The van der Waals surface area contributed by atoms with Gasteiger partial charge in [-0.05, 0) is 23.6 Å². The van der Waals surface area contributed by atoms with Crippen molar-refractivity contribution in [3.05, 3.63) is 47.0 Å². The summed E-state index contributed by atoms with van der Waals surface area (Å²) in [5, 5.41) is 0.503. The molecule has 0 aliphatic carbocycles.